The summed E-state index contributed by atoms with van der Waals surface area (Å²) in [5, 5.41) is 0. The Balaban J connectivity index is 1.39. The van der Waals surface area contributed by atoms with Crippen molar-refractivity contribution in [3.8, 4) is 67.7 Å². The molecule has 0 aliphatic heterocycles. The fourth-order valence-corrected chi connectivity index (χ4v) is 5.50. The van der Waals surface area contributed by atoms with E-state index in [1.807, 2.05) is 79.0 Å². The zero-order valence-corrected chi connectivity index (χ0v) is 26.1. The zero-order valence-electron chi connectivity index (χ0n) is 26.1. The van der Waals surface area contributed by atoms with Crippen LogP contribution in [0.15, 0.2) is 176 Å². The molecule has 0 amide bonds. The van der Waals surface area contributed by atoms with E-state index in [1.54, 1.807) is 18.5 Å². The maximum absolute atomic E-state index is 5.05. The van der Waals surface area contributed by atoms with Gasteiger partial charge in [0.25, 0.3) is 0 Å². The molecule has 0 aliphatic rings. The molecule has 0 saturated carbocycles. The van der Waals surface area contributed by atoms with Gasteiger partial charge in [-0.25, -0.2) is 9.97 Å². The number of pyridine rings is 3. The van der Waals surface area contributed by atoms with Crippen molar-refractivity contribution in [3.63, 3.8) is 0 Å². The van der Waals surface area contributed by atoms with E-state index in [2.05, 4.69) is 87.7 Å². The molecule has 0 atom stereocenters. The molecule has 0 fully saturated rings. The van der Waals surface area contributed by atoms with E-state index in [9.17, 15) is 0 Å². The van der Waals surface area contributed by atoms with E-state index in [1.165, 1.54) is 6.20 Å². The first-order valence-corrected chi connectivity index (χ1v) is 15.5. The Morgan fingerprint density at radius 2 is 0.938 bits per heavy atom. The van der Waals surface area contributed by atoms with Gasteiger partial charge in [-0.2, -0.15) is 0 Å². The Kier molecular flexibility index (Phi) is 8.61. The average Bonchev–Trinajstić information content (AvgIpc) is 3.18. The third-order valence-electron chi connectivity index (χ3n) is 7.89. The van der Waals surface area contributed by atoms with Gasteiger partial charge in [0.2, 0.25) is 0 Å². The van der Waals surface area contributed by atoms with Gasteiger partial charge in [0.1, 0.15) is 0 Å². The van der Waals surface area contributed by atoms with Gasteiger partial charge in [0.05, 0.1) is 34.2 Å². The lowest BCUT2D eigenvalue weighted by atomic mass is 9.94. The molecular weight excluding hydrogens is 589 g/mol. The molecule has 0 radical (unpaired) electrons. The van der Waals surface area contributed by atoms with E-state index in [0.29, 0.717) is 5.82 Å². The highest BCUT2D eigenvalue weighted by molar-refractivity contribution is 6.08. The molecule has 0 unspecified atom stereocenters. The molecule has 6 nitrogen and oxygen atoms in total. The summed E-state index contributed by atoms with van der Waals surface area (Å²) in [6, 6.07) is 42.7. The van der Waals surface area contributed by atoms with Crippen molar-refractivity contribution in [2.45, 2.75) is 0 Å². The highest BCUT2D eigenvalue weighted by atomic mass is 14.9. The van der Waals surface area contributed by atoms with E-state index < -0.39 is 0 Å². The van der Waals surface area contributed by atoms with Crippen molar-refractivity contribution >= 4 is 5.71 Å². The third kappa shape index (κ3) is 6.50. The van der Waals surface area contributed by atoms with Crippen molar-refractivity contribution in [3.05, 3.63) is 177 Å². The van der Waals surface area contributed by atoms with Crippen molar-refractivity contribution in [1.82, 2.24) is 24.9 Å². The molecule has 0 aliphatic carbocycles. The molecule has 0 bridgehead atoms. The molecule has 7 rings (SSSR count). The van der Waals surface area contributed by atoms with Crippen LogP contribution in [0.1, 0.15) is 5.56 Å². The van der Waals surface area contributed by atoms with Crippen molar-refractivity contribution < 1.29 is 0 Å². The van der Waals surface area contributed by atoms with Gasteiger partial charge in [-0.1, -0.05) is 79.9 Å². The summed E-state index contributed by atoms with van der Waals surface area (Å²) in [5.74, 6) is 0.579. The molecular formula is C42H30N6. The molecule has 3 aromatic carbocycles. The predicted molar refractivity (Wildman–Crippen MR) is 195 cm³/mol. The first-order valence-electron chi connectivity index (χ1n) is 15.5. The monoisotopic (exact) mass is 618 g/mol. The fraction of sp³-hybridized carbons (Fsp3) is 0. The average molecular weight is 619 g/mol. The lowest BCUT2D eigenvalue weighted by Crippen LogP contribution is -1.98. The molecule has 6 heteroatoms. The molecule has 4 heterocycles. The van der Waals surface area contributed by atoms with E-state index in [-0.39, 0.29) is 0 Å². The van der Waals surface area contributed by atoms with E-state index in [0.717, 1.165) is 73.1 Å². The van der Waals surface area contributed by atoms with Crippen LogP contribution in [-0.4, -0.2) is 30.6 Å². The molecule has 7 aromatic rings. The standard InChI is InChI=1S/C42H30N6/c1-3-36(43-4-2)31-18-14-29(15-19-31)33-25-34(30-16-20-32(21-17-30)37-11-5-8-22-44-37)27-35(26-33)42-47-40(38-12-6-9-23-45-38)28-41(48-42)39-13-7-10-24-46-39/h3-28H,1-2H2. The second-order valence-corrected chi connectivity index (χ2v) is 11.0. The topological polar surface area (TPSA) is 76.8 Å². The number of allylic oxidation sites excluding steroid dienone is 1. The van der Waals surface area contributed by atoms with Crippen LogP contribution in [0, 0.1) is 0 Å². The second kappa shape index (κ2) is 13.8. The Bertz CT molecular complexity index is 2170. The summed E-state index contributed by atoms with van der Waals surface area (Å²) in [7, 11) is 0. The Hall–Kier alpha value is -6.66. The largest absolute Gasteiger partial charge is 0.257 e. The van der Waals surface area contributed by atoms with Crippen LogP contribution in [-0.2, 0) is 0 Å². The van der Waals surface area contributed by atoms with Crippen LogP contribution in [0.25, 0.3) is 67.7 Å². The van der Waals surface area contributed by atoms with Gasteiger partial charge in [0, 0.05) is 41.5 Å². The van der Waals surface area contributed by atoms with Crippen molar-refractivity contribution in [2.24, 2.45) is 4.99 Å². The Labute approximate surface area is 279 Å². The van der Waals surface area contributed by atoms with Gasteiger partial charge in [-0.15, -0.1) is 0 Å². The molecule has 0 spiro atoms. The number of benzene rings is 3. The summed E-state index contributed by atoms with van der Waals surface area (Å²) in [4.78, 5) is 28.1. The minimum absolute atomic E-state index is 0.579. The van der Waals surface area contributed by atoms with Gasteiger partial charge in [-0.05, 0) is 89.0 Å². The van der Waals surface area contributed by atoms with Crippen LogP contribution in [0.3, 0.4) is 0 Å². The summed E-state index contributed by atoms with van der Waals surface area (Å²) in [6.07, 6.45) is 8.61. The smallest absolute Gasteiger partial charge is 0.160 e. The van der Waals surface area contributed by atoms with Crippen LogP contribution in [0.2, 0.25) is 0 Å². The van der Waals surface area contributed by atoms with Gasteiger partial charge in [-0.3, -0.25) is 19.9 Å². The van der Waals surface area contributed by atoms with Crippen LogP contribution < -0.4 is 0 Å². The second-order valence-electron chi connectivity index (χ2n) is 11.0. The summed E-state index contributed by atoms with van der Waals surface area (Å²) in [5.41, 5.74) is 11.7. The van der Waals surface area contributed by atoms with Gasteiger partial charge in [0.15, 0.2) is 5.82 Å². The molecule has 4 aromatic heterocycles. The van der Waals surface area contributed by atoms with E-state index in [4.69, 9.17) is 9.97 Å². The zero-order chi connectivity index (χ0) is 32.7. The lowest BCUT2D eigenvalue weighted by molar-refractivity contribution is 1.15. The SMILES string of the molecule is C=CN=C(C=C)c1ccc(-c2cc(-c3ccc(-c4ccccn4)cc3)cc(-c3nc(-c4ccccn4)cc(-c4ccccn4)n3)c2)cc1. The number of hydrogen-bond acceptors (Lipinski definition) is 6. The molecule has 0 saturated heterocycles. The van der Waals surface area contributed by atoms with Gasteiger partial charge < -0.3 is 0 Å². The van der Waals surface area contributed by atoms with Crippen LogP contribution in [0.4, 0.5) is 0 Å². The normalized spacial score (nSPS) is 11.2. The van der Waals surface area contributed by atoms with E-state index >= 15 is 0 Å². The minimum atomic E-state index is 0.579. The summed E-state index contributed by atoms with van der Waals surface area (Å²) >= 11 is 0. The van der Waals surface area contributed by atoms with Crippen molar-refractivity contribution in [2.75, 3.05) is 0 Å². The first-order chi connectivity index (χ1) is 23.7. The molecule has 228 valence electrons. The molecule has 0 N–H and O–H groups in total. The number of rotatable bonds is 9. The Morgan fingerprint density at radius 1 is 0.458 bits per heavy atom. The van der Waals surface area contributed by atoms with Gasteiger partial charge >= 0.3 is 0 Å². The highest BCUT2D eigenvalue weighted by Gasteiger charge is 2.15. The van der Waals surface area contributed by atoms with Crippen LogP contribution >= 0.6 is 0 Å². The maximum Gasteiger partial charge on any atom is 0.160 e. The fourth-order valence-electron chi connectivity index (χ4n) is 5.50. The predicted octanol–water partition coefficient (Wildman–Crippen LogP) is 9.78. The summed E-state index contributed by atoms with van der Waals surface area (Å²) in [6.45, 7) is 7.64. The highest BCUT2D eigenvalue weighted by Crippen LogP contribution is 2.34. The minimum Gasteiger partial charge on any atom is -0.257 e. The lowest BCUT2D eigenvalue weighted by Gasteiger charge is -2.13. The number of hydrogen-bond donors (Lipinski definition) is 0. The quantitative estimate of drug-likeness (QED) is 0.151. The first kappa shape index (κ1) is 30.0. The third-order valence-corrected chi connectivity index (χ3v) is 7.89. The number of nitrogens with zero attached hydrogens (tertiary/aromatic N) is 6. The molecule has 48 heavy (non-hydrogen) atoms. The van der Waals surface area contributed by atoms with Crippen LogP contribution in [0.5, 0.6) is 0 Å². The number of aromatic nitrogens is 5. The Morgan fingerprint density at radius 3 is 1.42 bits per heavy atom. The number of aliphatic imine (C=N–C) groups is 1. The van der Waals surface area contributed by atoms with Crippen molar-refractivity contribution in [1.29, 1.82) is 0 Å². The maximum atomic E-state index is 5.05. The summed E-state index contributed by atoms with van der Waals surface area (Å²) < 4.78 is 0.